The first-order valence-corrected chi connectivity index (χ1v) is 11.2. The van der Waals surface area contributed by atoms with Crippen LogP contribution in [-0.4, -0.2) is 17.6 Å². The molecule has 1 aromatic carbocycles. The molecule has 4 saturated carbocycles. The van der Waals surface area contributed by atoms with Crippen molar-refractivity contribution >= 4 is 5.91 Å². The first-order chi connectivity index (χ1) is 13.1. The Morgan fingerprint density at radius 3 is 2.33 bits per heavy atom. The van der Waals surface area contributed by atoms with E-state index in [-0.39, 0.29) is 17.6 Å². The van der Waals surface area contributed by atoms with Crippen LogP contribution in [0.4, 0.5) is 0 Å². The number of benzene rings is 1. The Balaban J connectivity index is 1.27. The molecule has 6 rings (SSSR count). The summed E-state index contributed by atoms with van der Waals surface area (Å²) in [5.41, 5.74) is 2.94. The molecule has 1 aromatic rings. The second-order valence-electron chi connectivity index (χ2n) is 9.84. The highest BCUT2D eigenvalue weighted by Gasteiger charge is 2.51. The largest absolute Gasteiger partial charge is 0.481 e. The van der Waals surface area contributed by atoms with Gasteiger partial charge in [0.2, 0.25) is 0 Å². The van der Waals surface area contributed by atoms with E-state index in [1.165, 1.54) is 68.9 Å². The van der Waals surface area contributed by atoms with Gasteiger partial charge in [-0.15, -0.1) is 0 Å². The van der Waals surface area contributed by atoms with E-state index in [0.717, 1.165) is 36.3 Å². The lowest BCUT2D eigenvalue weighted by molar-refractivity contribution is -0.134. The predicted octanol–water partition coefficient (Wildman–Crippen LogP) is 4.81. The summed E-state index contributed by atoms with van der Waals surface area (Å²) in [5, 5.41) is 3.49. The second kappa shape index (κ2) is 6.83. The van der Waals surface area contributed by atoms with Gasteiger partial charge in [0, 0.05) is 5.54 Å². The van der Waals surface area contributed by atoms with Crippen molar-refractivity contribution < 1.29 is 9.53 Å². The summed E-state index contributed by atoms with van der Waals surface area (Å²) >= 11 is 0. The molecule has 4 fully saturated rings. The van der Waals surface area contributed by atoms with Gasteiger partial charge < -0.3 is 10.1 Å². The van der Waals surface area contributed by atoms with Gasteiger partial charge >= 0.3 is 0 Å². The average Bonchev–Trinajstić information content (AvgIpc) is 2.64. The molecule has 0 spiro atoms. The Kier molecular flexibility index (Phi) is 4.44. The fourth-order valence-electron chi connectivity index (χ4n) is 6.88. The SMILES string of the molecule is CC[C@@H](Oc1ccc2c(c1)CCCC2)C(=O)NC12CC3CC(CC(C3)C1)C2. The fourth-order valence-corrected chi connectivity index (χ4v) is 6.88. The standard InChI is InChI=1S/C24H33NO2/c1-2-22(27-21-8-7-19-5-3-4-6-20(19)12-21)23(26)25-24-13-16-9-17(14-24)11-18(10-16)15-24/h7-8,12,16-18,22H,2-6,9-11,13-15H2,1H3,(H,25,26)/t16?,17?,18?,22-,24?/m1/s1. The fraction of sp³-hybridized carbons (Fsp3) is 0.708. The Hall–Kier alpha value is -1.51. The molecule has 27 heavy (non-hydrogen) atoms. The van der Waals surface area contributed by atoms with Gasteiger partial charge in [0.05, 0.1) is 0 Å². The number of hydrogen-bond donors (Lipinski definition) is 1. The number of carbonyl (C=O) groups is 1. The van der Waals surface area contributed by atoms with E-state index in [4.69, 9.17) is 4.74 Å². The van der Waals surface area contributed by atoms with Crippen LogP contribution < -0.4 is 10.1 Å². The molecule has 5 aliphatic rings. The van der Waals surface area contributed by atoms with Crippen LogP contribution in [0.3, 0.4) is 0 Å². The third kappa shape index (κ3) is 3.39. The molecule has 3 nitrogen and oxygen atoms in total. The Bertz CT molecular complexity index is 690. The van der Waals surface area contributed by atoms with Gasteiger partial charge in [0.15, 0.2) is 6.10 Å². The molecule has 4 bridgehead atoms. The summed E-state index contributed by atoms with van der Waals surface area (Å²) < 4.78 is 6.19. The van der Waals surface area contributed by atoms with Gasteiger partial charge in [-0.05, 0) is 112 Å². The van der Waals surface area contributed by atoms with Gasteiger partial charge in [-0.3, -0.25) is 4.79 Å². The van der Waals surface area contributed by atoms with Crippen LogP contribution in [-0.2, 0) is 17.6 Å². The molecule has 0 aromatic heterocycles. The maximum Gasteiger partial charge on any atom is 0.261 e. The minimum Gasteiger partial charge on any atom is -0.481 e. The average molecular weight is 368 g/mol. The third-order valence-corrected chi connectivity index (χ3v) is 7.69. The highest BCUT2D eigenvalue weighted by molar-refractivity contribution is 5.82. The number of fused-ring (bicyclic) bond motifs is 1. The van der Waals surface area contributed by atoms with Crippen molar-refractivity contribution in [2.45, 2.75) is 89.2 Å². The topological polar surface area (TPSA) is 38.3 Å². The molecule has 3 heteroatoms. The first-order valence-electron chi connectivity index (χ1n) is 11.2. The van der Waals surface area contributed by atoms with Crippen molar-refractivity contribution in [1.29, 1.82) is 0 Å². The zero-order chi connectivity index (χ0) is 18.4. The van der Waals surface area contributed by atoms with Gasteiger partial charge in [-0.1, -0.05) is 13.0 Å². The minimum absolute atomic E-state index is 0.0679. The number of ether oxygens (including phenoxy) is 1. The lowest BCUT2D eigenvalue weighted by atomic mass is 9.53. The molecule has 1 atom stereocenters. The Morgan fingerprint density at radius 1 is 1.07 bits per heavy atom. The van der Waals surface area contributed by atoms with Gasteiger partial charge in [-0.25, -0.2) is 0 Å². The maximum atomic E-state index is 13.1. The van der Waals surface area contributed by atoms with Crippen LogP contribution in [0.1, 0.15) is 75.8 Å². The van der Waals surface area contributed by atoms with Crippen LogP contribution in [0.15, 0.2) is 18.2 Å². The molecule has 1 N–H and O–H groups in total. The van der Waals surface area contributed by atoms with E-state index in [0.29, 0.717) is 0 Å². The monoisotopic (exact) mass is 367 g/mol. The maximum absolute atomic E-state index is 13.1. The lowest BCUT2D eigenvalue weighted by Crippen LogP contribution is -2.61. The minimum atomic E-state index is -0.375. The molecule has 0 aliphatic heterocycles. The summed E-state index contributed by atoms with van der Waals surface area (Å²) in [7, 11) is 0. The highest BCUT2D eigenvalue weighted by Crippen LogP contribution is 2.55. The number of rotatable bonds is 5. The number of nitrogens with one attached hydrogen (secondary N) is 1. The molecule has 0 radical (unpaired) electrons. The van der Waals surface area contributed by atoms with E-state index in [2.05, 4.69) is 30.4 Å². The van der Waals surface area contributed by atoms with Crippen LogP contribution in [0, 0.1) is 17.8 Å². The quantitative estimate of drug-likeness (QED) is 0.811. The first kappa shape index (κ1) is 17.6. The molecule has 0 saturated heterocycles. The Labute approximate surface area is 163 Å². The second-order valence-corrected chi connectivity index (χ2v) is 9.84. The van der Waals surface area contributed by atoms with Crippen LogP contribution in [0.5, 0.6) is 5.75 Å². The van der Waals surface area contributed by atoms with Gasteiger partial charge in [-0.2, -0.15) is 0 Å². The number of amides is 1. The van der Waals surface area contributed by atoms with Crippen molar-refractivity contribution in [2.75, 3.05) is 0 Å². The number of aryl methyl sites for hydroxylation is 2. The highest BCUT2D eigenvalue weighted by atomic mass is 16.5. The van der Waals surface area contributed by atoms with Crippen molar-refractivity contribution in [2.24, 2.45) is 17.8 Å². The molecule has 0 heterocycles. The van der Waals surface area contributed by atoms with E-state index in [9.17, 15) is 4.79 Å². The predicted molar refractivity (Wildman–Crippen MR) is 107 cm³/mol. The van der Waals surface area contributed by atoms with Crippen LogP contribution in [0.2, 0.25) is 0 Å². The summed E-state index contributed by atoms with van der Waals surface area (Å²) in [6.45, 7) is 2.06. The van der Waals surface area contributed by atoms with E-state index in [1.54, 1.807) is 0 Å². The summed E-state index contributed by atoms with van der Waals surface area (Å²) in [5.74, 6) is 3.51. The van der Waals surface area contributed by atoms with Gasteiger partial charge in [0.25, 0.3) is 5.91 Å². The summed E-state index contributed by atoms with van der Waals surface area (Å²) in [4.78, 5) is 13.1. The molecular weight excluding hydrogens is 334 g/mol. The molecule has 1 amide bonds. The van der Waals surface area contributed by atoms with Crippen LogP contribution in [0.25, 0.3) is 0 Å². The number of carbonyl (C=O) groups excluding carboxylic acids is 1. The van der Waals surface area contributed by atoms with E-state index in [1.807, 2.05) is 0 Å². The molecule has 5 aliphatic carbocycles. The zero-order valence-electron chi connectivity index (χ0n) is 16.6. The van der Waals surface area contributed by atoms with Crippen molar-refractivity contribution in [3.8, 4) is 5.75 Å². The Morgan fingerprint density at radius 2 is 1.70 bits per heavy atom. The third-order valence-electron chi connectivity index (χ3n) is 7.69. The van der Waals surface area contributed by atoms with E-state index < -0.39 is 0 Å². The molecule has 0 unspecified atom stereocenters. The smallest absolute Gasteiger partial charge is 0.261 e. The van der Waals surface area contributed by atoms with Crippen molar-refractivity contribution in [1.82, 2.24) is 5.32 Å². The molecule has 146 valence electrons. The van der Waals surface area contributed by atoms with Gasteiger partial charge in [0.1, 0.15) is 5.75 Å². The summed E-state index contributed by atoms with van der Waals surface area (Å²) in [6.07, 6.45) is 13.0. The van der Waals surface area contributed by atoms with Crippen molar-refractivity contribution in [3.05, 3.63) is 29.3 Å². The normalized spacial score (nSPS) is 34.8. The van der Waals surface area contributed by atoms with E-state index >= 15 is 0 Å². The van der Waals surface area contributed by atoms with Crippen LogP contribution >= 0.6 is 0 Å². The zero-order valence-corrected chi connectivity index (χ0v) is 16.6. The summed E-state index contributed by atoms with van der Waals surface area (Å²) in [6, 6.07) is 6.44. The van der Waals surface area contributed by atoms with Crippen molar-refractivity contribution in [3.63, 3.8) is 0 Å². The molecular formula is C24H33NO2. The number of hydrogen-bond acceptors (Lipinski definition) is 2. The lowest BCUT2D eigenvalue weighted by Gasteiger charge is -2.57.